The summed E-state index contributed by atoms with van der Waals surface area (Å²) in [7, 11) is -2.99. The Kier molecular flexibility index (Phi) is 4.41. The van der Waals surface area contributed by atoms with Crippen molar-refractivity contribution in [2.45, 2.75) is 19.4 Å². The second-order valence-corrected chi connectivity index (χ2v) is 5.64. The number of ether oxygens (including phenoxy) is 1. The van der Waals surface area contributed by atoms with Crippen LogP contribution in [0, 0.1) is 0 Å². The molecule has 102 valence electrons. The highest BCUT2D eigenvalue weighted by molar-refractivity contribution is 7.89. The van der Waals surface area contributed by atoms with E-state index in [1.165, 1.54) is 0 Å². The molecule has 0 aliphatic carbocycles. The topological polar surface area (TPSA) is 110 Å². The molecule has 0 spiro atoms. The van der Waals surface area contributed by atoms with Gasteiger partial charge in [-0.1, -0.05) is 6.92 Å². The molecule has 1 aliphatic heterocycles. The molecule has 8 nitrogen and oxygen atoms in total. The summed E-state index contributed by atoms with van der Waals surface area (Å²) in [6.45, 7) is 1.14. The molecular formula is C9H14N2O6S. The molecule has 0 bridgehead atoms. The third-order valence-corrected chi connectivity index (χ3v) is 4.18. The molecule has 1 fully saturated rings. The van der Waals surface area contributed by atoms with E-state index >= 15 is 0 Å². The van der Waals surface area contributed by atoms with Gasteiger partial charge < -0.3 is 4.74 Å². The third kappa shape index (κ3) is 3.05. The Labute approximate surface area is 104 Å². The minimum absolute atomic E-state index is 0.208. The third-order valence-electron chi connectivity index (χ3n) is 2.48. The van der Waals surface area contributed by atoms with Crippen LogP contribution in [0.1, 0.15) is 13.3 Å². The molecule has 0 aromatic heterocycles. The first-order valence-corrected chi connectivity index (χ1v) is 6.82. The van der Waals surface area contributed by atoms with Crippen molar-refractivity contribution in [2.24, 2.45) is 0 Å². The molecule has 1 N–H and O–H groups in total. The number of piperazine rings is 1. The lowest BCUT2D eigenvalue weighted by Gasteiger charge is -2.31. The highest BCUT2D eigenvalue weighted by Crippen LogP contribution is 2.14. The van der Waals surface area contributed by atoms with E-state index in [-0.39, 0.29) is 6.42 Å². The van der Waals surface area contributed by atoms with Gasteiger partial charge >= 0.3 is 5.97 Å². The number of nitrogens with one attached hydrogen (secondary N) is 1. The molecule has 1 saturated heterocycles. The van der Waals surface area contributed by atoms with E-state index in [0.717, 1.165) is 11.4 Å². The maximum atomic E-state index is 11.9. The first kappa shape index (κ1) is 14.6. The molecular weight excluding hydrogens is 264 g/mol. The number of esters is 1. The Bertz CT molecular complexity index is 471. The van der Waals surface area contributed by atoms with Crippen molar-refractivity contribution in [3.63, 3.8) is 0 Å². The summed E-state index contributed by atoms with van der Waals surface area (Å²) in [5, 5.41) is 2.05. The molecule has 1 aliphatic rings. The Balaban J connectivity index is 3.00. The zero-order chi connectivity index (χ0) is 13.9. The number of methoxy groups -OCH3 is 1. The summed E-state index contributed by atoms with van der Waals surface area (Å²) in [5.74, 6) is -3.22. The van der Waals surface area contributed by atoms with E-state index in [9.17, 15) is 22.8 Å². The van der Waals surface area contributed by atoms with E-state index < -0.39 is 46.1 Å². The monoisotopic (exact) mass is 278 g/mol. The van der Waals surface area contributed by atoms with Gasteiger partial charge in [-0.25, -0.2) is 8.42 Å². The minimum Gasteiger partial charge on any atom is -0.468 e. The molecule has 1 unspecified atom stereocenters. The van der Waals surface area contributed by atoms with Gasteiger partial charge in [0, 0.05) is 0 Å². The minimum atomic E-state index is -4.04. The zero-order valence-electron chi connectivity index (χ0n) is 10.0. The van der Waals surface area contributed by atoms with Crippen molar-refractivity contribution in [1.82, 2.24) is 9.62 Å². The molecule has 0 aromatic rings. The molecule has 1 rings (SSSR count). The average molecular weight is 278 g/mol. The number of carbonyl (C=O) groups excluding carboxylic acids is 3. The maximum Gasteiger partial charge on any atom is 0.322 e. The second kappa shape index (κ2) is 5.44. The van der Waals surface area contributed by atoms with Crippen LogP contribution in [-0.4, -0.2) is 56.0 Å². The molecule has 1 atom stereocenters. The second-order valence-electron chi connectivity index (χ2n) is 3.71. The van der Waals surface area contributed by atoms with Crippen LogP contribution in [0.4, 0.5) is 0 Å². The normalized spacial score (nSPS) is 21.6. The Morgan fingerprint density at radius 3 is 2.61 bits per heavy atom. The van der Waals surface area contributed by atoms with Gasteiger partial charge in [0.2, 0.25) is 21.8 Å². The van der Waals surface area contributed by atoms with E-state index in [0.29, 0.717) is 0 Å². The Morgan fingerprint density at radius 2 is 2.11 bits per heavy atom. The van der Waals surface area contributed by atoms with Crippen molar-refractivity contribution in [3.8, 4) is 0 Å². The summed E-state index contributed by atoms with van der Waals surface area (Å²) in [5.41, 5.74) is 0. The first-order valence-electron chi connectivity index (χ1n) is 5.21. The fraction of sp³-hybridized carbons (Fsp3) is 0.667. The molecule has 9 heteroatoms. The number of carbonyl (C=O) groups is 3. The standard InChI is InChI=1S/C9H14N2O6S/c1-3-6-9(14)10-7(12)4-11(6)18(15,16)5-8(13)17-2/h6H,3-5H2,1-2H3,(H,10,12,14). The van der Waals surface area contributed by atoms with E-state index in [1.54, 1.807) is 6.92 Å². The van der Waals surface area contributed by atoms with Crippen LogP contribution >= 0.6 is 0 Å². The van der Waals surface area contributed by atoms with Crippen molar-refractivity contribution >= 4 is 27.8 Å². The van der Waals surface area contributed by atoms with Crippen LogP contribution < -0.4 is 5.32 Å². The lowest BCUT2D eigenvalue weighted by Crippen LogP contribution is -2.60. The van der Waals surface area contributed by atoms with Gasteiger partial charge in [-0.15, -0.1) is 0 Å². The average Bonchev–Trinajstić information content (AvgIpc) is 2.27. The van der Waals surface area contributed by atoms with E-state index in [4.69, 9.17) is 0 Å². The Hall–Kier alpha value is -1.48. The predicted molar refractivity (Wildman–Crippen MR) is 59.7 cm³/mol. The summed E-state index contributed by atoms with van der Waals surface area (Å²) < 4.78 is 28.8. The summed E-state index contributed by atoms with van der Waals surface area (Å²) >= 11 is 0. The van der Waals surface area contributed by atoms with Gasteiger partial charge in [0.1, 0.15) is 6.04 Å². The predicted octanol–water partition coefficient (Wildman–Crippen LogP) is -1.77. The number of hydrogen-bond donors (Lipinski definition) is 1. The van der Waals surface area contributed by atoms with Crippen molar-refractivity contribution in [3.05, 3.63) is 0 Å². The van der Waals surface area contributed by atoms with Crippen molar-refractivity contribution < 1.29 is 27.5 Å². The summed E-state index contributed by atoms with van der Waals surface area (Å²) in [6, 6.07) is -0.975. The van der Waals surface area contributed by atoms with Crippen molar-refractivity contribution in [2.75, 3.05) is 19.4 Å². The molecule has 1 heterocycles. The first-order chi connectivity index (χ1) is 8.31. The van der Waals surface area contributed by atoms with Crippen LogP contribution in [0.5, 0.6) is 0 Å². The quantitative estimate of drug-likeness (QED) is 0.481. The van der Waals surface area contributed by atoms with Crippen LogP contribution in [0.3, 0.4) is 0 Å². The molecule has 0 saturated carbocycles. The van der Waals surface area contributed by atoms with Crippen LogP contribution in [0.15, 0.2) is 0 Å². The number of rotatable bonds is 4. The molecule has 18 heavy (non-hydrogen) atoms. The number of imide groups is 1. The lowest BCUT2D eigenvalue weighted by atomic mass is 10.2. The Morgan fingerprint density at radius 1 is 1.50 bits per heavy atom. The van der Waals surface area contributed by atoms with Crippen LogP contribution in [0.2, 0.25) is 0 Å². The number of nitrogens with zero attached hydrogens (tertiary/aromatic N) is 1. The van der Waals surface area contributed by atoms with Crippen LogP contribution in [-0.2, 0) is 29.1 Å². The highest BCUT2D eigenvalue weighted by atomic mass is 32.2. The smallest absolute Gasteiger partial charge is 0.322 e. The fourth-order valence-electron chi connectivity index (χ4n) is 1.61. The SMILES string of the molecule is CCC1C(=O)NC(=O)CN1S(=O)(=O)CC(=O)OC. The van der Waals surface area contributed by atoms with E-state index in [2.05, 4.69) is 4.74 Å². The number of sulfonamides is 1. The molecule has 0 radical (unpaired) electrons. The molecule has 0 aromatic carbocycles. The van der Waals surface area contributed by atoms with Gasteiger partial charge in [0.25, 0.3) is 0 Å². The highest BCUT2D eigenvalue weighted by Gasteiger charge is 2.40. The van der Waals surface area contributed by atoms with Gasteiger partial charge in [0.15, 0.2) is 5.75 Å². The van der Waals surface area contributed by atoms with Crippen molar-refractivity contribution in [1.29, 1.82) is 0 Å². The maximum absolute atomic E-state index is 11.9. The summed E-state index contributed by atoms with van der Waals surface area (Å²) in [6.07, 6.45) is 0.208. The van der Waals surface area contributed by atoms with Crippen LogP contribution in [0.25, 0.3) is 0 Å². The molecule has 2 amide bonds. The number of hydrogen-bond acceptors (Lipinski definition) is 6. The fourth-order valence-corrected chi connectivity index (χ4v) is 3.14. The van der Waals surface area contributed by atoms with Gasteiger partial charge in [-0.2, -0.15) is 4.31 Å². The zero-order valence-corrected chi connectivity index (χ0v) is 10.8. The van der Waals surface area contributed by atoms with Gasteiger partial charge in [-0.05, 0) is 6.42 Å². The largest absolute Gasteiger partial charge is 0.468 e. The number of amides is 2. The van der Waals surface area contributed by atoms with Gasteiger partial charge in [0.05, 0.1) is 13.7 Å². The van der Waals surface area contributed by atoms with Gasteiger partial charge in [-0.3, -0.25) is 19.7 Å². The lowest BCUT2D eigenvalue weighted by molar-refractivity contribution is -0.139. The summed E-state index contributed by atoms with van der Waals surface area (Å²) in [4.78, 5) is 33.7. The van der Waals surface area contributed by atoms with E-state index in [1.807, 2.05) is 5.32 Å².